The molecule has 0 saturated carbocycles. The molecule has 0 spiro atoms. The van der Waals surface area contributed by atoms with Crippen molar-refractivity contribution in [3.63, 3.8) is 0 Å². The number of nitrogens with two attached hydrogens (primary N) is 1. The van der Waals surface area contributed by atoms with Gasteiger partial charge in [0.05, 0.1) is 5.56 Å². The van der Waals surface area contributed by atoms with Crippen LogP contribution in [-0.2, 0) is 6.18 Å². The Morgan fingerprint density at radius 2 is 2.00 bits per heavy atom. The van der Waals surface area contributed by atoms with Crippen molar-refractivity contribution in [1.29, 1.82) is 5.41 Å². The number of benzene rings is 1. The number of nitrogens with zero attached hydrogens (tertiary/aromatic N) is 1. The van der Waals surface area contributed by atoms with Crippen LogP contribution >= 0.6 is 0 Å². The van der Waals surface area contributed by atoms with Crippen molar-refractivity contribution in [2.45, 2.75) is 32.9 Å². The third-order valence-corrected chi connectivity index (χ3v) is 3.86. The number of nitrogens with one attached hydrogen (secondary N) is 1. The number of alkyl halides is 3. The van der Waals surface area contributed by atoms with E-state index >= 15 is 0 Å². The zero-order valence-corrected chi connectivity index (χ0v) is 12.2. The fraction of sp³-hybridized carbons (Fsp3) is 0.533. The van der Waals surface area contributed by atoms with E-state index in [2.05, 4.69) is 18.7 Å². The Morgan fingerprint density at radius 3 is 2.52 bits per heavy atom. The first-order valence-corrected chi connectivity index (χ1v) is 6.91. The van der Waals surface area contributed by atoms with E-state index in [9.17, 15) is 13.2 Å². The summed E-state index contributed by atoms with van der Waals surface area (Å²) in [5.41, 5.74) is 5.06. The third-order valence-electron chi connectivity index (χ3n) is 3.86. The molecule has 1 saturated heterocycles. The normalized spacial score (nSPS) is 18.6. The van der Waals surface area contributed by atoms with Gasteiger partial charge in [-0.05, 0) is 36.5 Å². The van der Waals surface area contributed by atoms with Crippen molar-refractivity contribution in [3.8, 4) is 0 Å². The Labute approximate surface area is 122 Å². The van der Waals surface area contributed by atoms with Crippen molar-refractivity contribution in [3.05, 3.63) is 29.3 Å². The van der Waals surface area contributed by atoms with Gasteiger partial charge in [-0.2, -0.15) is 13.2 Å². The molecular formula is C15H20F3N3. The maximum absolute atomic E-state index is 12.9. The number of anilines is 1. The van der Waals surface area contributed by atoms with Crippen molar-refractivity contribution in [2.75, 3.05) is 18.0 Å². The number of rotatable bonds is 2. The average molecular weight is 299 g/mol. The minimum Gasteiger partial charge on any atom is -0.384 e. The number of amidine groups is 1. The quantitative estimate of drug-likeness (QED) is 0.647. The lowest BCUT2D eigenvalue weighted by Gasteiger charge is -2.39. The molecule has 1 fully saturated rings. The van der Waals surface area contributed by atoms with E-state index in [-0.39, 0.29) is 11.0 Å². The second-order valence-electron chi connectivity index (χ2n) is 6.33. The summed E-state index contributed by atoms with van der Waals surface area (Å²) in [6.45, 7) is 5.89. The summed E-state index contributed by atoms with van der Waals surface area (Å²) in [6.07, 6.45) is -2.40. The van der Waals surface area contributed by atoms with Crippen molar-refractivity contribution < 1.29 is 13.2 Å². The monoisotopic (exact) mass is 299 g/mol. The van der Waals surface area contributed by atoms with Gasteiger partial charge in [0.1, 0.15) is 5.84 Å². The van der Waals surface area contributed by atoms with Crippen LogP contribution in [0.25, 0.3) is 0 Å². The Balaban J connectivity index is 2.39. The Morgan fingerprint density at radius 1 is 1.33 bits per heavy atom. The molecule has 1 heterocycles. The molecule has 1 aromatic rings. The van der Waals surface area contributed by atoms with Crippen LogP contribution in [0.1, 0.15) is 37.8 Å². The van der Waals surface area contributed by atoms with Gasteiger partial charge in [0, 0.05) is 24.3 Å². The molecule has 0 amide bonds. The lowest BCUT2D eigenvalue weighted by atomic mass is 9.84. The molecule has 0 bridgehead atoms. The maximum Gasteiger partial charge on any atom is 0.417 e. The number of nitrogen functional groups attached to an aromatic ring is 1. The van der Waals surface area contributed by atoms with Crippen LogP contribution in [0.15, 0.2) is 18.2 Å². The first kappa shape index (κ1) is 15.7. The maximum atomic E-state index is 12.9. The Hall–Kier alpha value is -1.72. The standard InChI is InChI=1S/C15H20F3N3/c1-14(2)6-3-7-21(9-14)10-4-5-12(15(16,17)18)11(8-10)13(19)20/h4-5,8H,3,6-7,9H2,1-2H3,(H3,19,20). The molecule has 0 unspecified atom stereocenters. The Kier molecular flexibility index (Phi) is 3.91. The highest BCUT2D eigenvalue weighted by Crippen LogP contribution is 2.36. The molecule has 0 atom stereocenters. The molecular weight excluding hydrogens is 279 g/mol. The highest BCUT2D eigenvalue weighted by Gasteiger charge is 2.35. The van der Waals surface area contributed by atoms with Crippen LogP contribution in [0.5, 0.6) is 0 Å². The zero-order valence-electron chi connectivity index (χ0n) is 12.2. The second-order valence-corrected chi connectivity index (χ2v) is 6.33. The molecule has 3 nitrogen and oxygen atoms in total. The number of piperidine rings is 1. The van der Waals surface area contributed by atoms with Gasteiger partial charge in [0.15, 0.2) is 0 Å². The van der Waals surface area contributed by atoms with Crippen LogP contribution in [-0.4, -0.2) is 18.9 Å². The van der Waals surface area contributed by atoms with Gasteiger partial charge in [0.2, 0.25) is 0 Å². The van der Waals surface area contributed by atoms with Crippen LogP contribution in [0, 0.1) is 10.8 Å². The predicted octanol–water partition coefficient (Wildman–Crippen LogP) is 3.62. The van der Waals surface area contributed by atoms with Gasteiger partial charge in [-0.15, -0.1) is 0 Å². The first-order chi connectivity index (χ1) is 9.60. The largest absolute Gasteiger partial charge is 0.417 e. The van der Waals surface area contributed by atoms with E-state index < -0.39 is 17.6 Å². The van der Waals surface area contributed by atoms with Gasteiger partial charge in [-0.25, -0.2) is 0 Å². The molecule has 0 aliphatic carbocycles. The summed E-state index contributed by atoms with van der Waals surface area (Å²) in [5, 5.41) is 7.40. The smallest absolute Gasteiger partial charge is 0.384 e. The lowest BCUT2D eigenvalue weighted by molar-refractivity contribution is -0.137. The molecule has 116 valence electrons. The van der Waals surface area contributed by atoms with Crippen LogP contribution in [0.4, 0.5) is 18.9 Å². The highest BCUT2D eigenvalue weighted by molar-refractivity contribution is 5.97. The molecule has 0 aromatic heterocycles. The molecule has 3 N–H and O–H groups in total. The second kappa shape index (κ2) is 5.24. The molecule has 6 heteroatoms. The summed E-state index contributed by atoms with van der Waals surface area (Å²) in [6, 6.07) is 3.87. The minimum absolute atomic E-state index is 0.136. The summed E-state index contributed by atoms with van der Waals surface area (Å²) >= 11 is 0. The SMILES string of the molecule is CC1(C)CCCN(c2ccc(C(F)(F)F)c(C(=N)N)c2)C1. The van der Waals surface area contributed by atoms with E-state index in [0.29, 0.717) is 5.69 Å². The van der Waals surface area contributed by atoms with Crippen molar-refractivity contribution in [1.82, 2.24) is 0 Å². The van der Waals surface area contributed by atoms with Gasteiger partial charge >= 0.3 is 6.18 Å². The number of hydrogen-bond donors (Lipinski definition) is 2. The summed E-state index contributed by atoms with van der Waals surface area (Å²) in [4.78, 5) is 2.07. The highest BCUT2D eigenvalue weighted by atomic mass is 19.4. The summed E-state index contributed by atoms with van der Waals surface area (Å²) < 4.78 is 38.8. The van der Waals surface area contributed by atoms with E-state index in [4.69, 9.17) is 11.1 Å². The van der Waals surface area contributed by atoms with E-state index in [1.54, 1.807) is 0 Å². The summed E-state index contributed by atoms with van der Waals surface area (Å²) in [7, 11) is 0. The zero-order chi connectivity index (χ0) is 15.8. The van der Waals surface area contributed by atoms with Gasteiger partial charge in [-0.3, -0.25) is 5.41 Å². The third kappa shape index (κ3) is 3.49. The van der Waals surface area contributed by atoms with Gasteiger partial charge < -0.3 is 10.6 Å². The van der Waals surface area contributed by atoms with Crippen LogP contribution in [0.2, 0.25) is 0 Å². The van der Waals surface area contributed by atoms with Crippen LogP contribution in [0.3, 0.4) is 0 Å². The first-order valence-electron chi connectivity index (χ1n) is 6.91. The van der Waals surface area contributed by atoms with E-state index in [1.807, 2.05) is 0 Å². The van der Waals surface area contributed by atoms with Crippen LogP contribution < -0.4 is 10.6 Å². The average Bonchev–Trinajstić information content (AvgIpc) is 2.35. The van der Waals surface area contributed by atoms with Gasteiger partial charge in [0.25, 0.3) is 0 Å². The number of halogens is 3. The van der Waals surface area contributed by atoms with Crippen molar-refractivity contribution in [2.24, 2.45) is 11.1 Å². The predicted molar refractivity (Wildman–Crippen MR) is 77.7 cm³/mol. The molecule has 1 aliphatic heterocycles. The molecule has 1 aromatic carbocycles. The molecule has 2 rings (SSSR count). The molecule has 21 heavy (non-hydrogen) atoms. The van der Waals surface area contributed by atoms with Gasteiger partial charge in [-0.1, -0.05) is 13.8 Å². The van der Waals surface area contributed by atoms with E-state index in [0.717, 1.165) is 32.0 Å². The van der Waals surface area contributed by atoms with E-state index in [1.165, 1.54) is 12.1 Å². The van der Waals surface area contributed by atoms with Crippen molar-refractivity contribution >= 4 is 11.5 Å². The fourth-order valence-electron chi connectivity index (χ4n) is 2.84. The Bertz CT molecular complexity index is 550. The minimum atomic E-state index is -4.50. The summed E-state index contributed by atoms with van der Waals surface area (Å²) in [5.74, 6) is -0.555. The molecule has 1 aliphatic rings. The molecule has 0 radical (unpaired) electrons. The topological polar surface area (TPSA) is 53.1 Å². The lowest BCUT2D eigenvalue weighted by Crippen LogP contribution is -2.40. The number of hydrogen-bond acceptors (Lipinski definition) is 2. The fourth-order valence-corrected chi connectivity index (χ4v) is 2.84.